The molecule has 2 aromatic carbocycles. The summed E-state index contributed by atoms with van der Waals surface area (Å²) in [7, 11) is 0. The zero-order valence-corrected chi connectivity index (χ0v) is 15.5. The molecule has 2 aromatic rings. The summed E-state index contributed by atoms with van der Waals surface area (Å²) in [6.07, 6.45) is 0.847. The number of para-hydroxylation sites is 2. The van der Waals surface area contributed by atoms with Gasteiger partial charge in [-0.2, -0.15) is 0 Å². The molecule has 0 bridgehead atoms. The lowest BCUT2D eigenvalue weighted by molar-refractivity contribution is -0.118. The van der Waals surface area contributed by atoms with Gasteiger partial charge in [-0.15, -0.1) is 0 Å². The van der Waals surface area contributed by atoms with Crippen molar-refractivity contribution >= 4 is 11.6 Å². The van der Waals surface area contributed by atoms with Gasteiger partial charge in [0.05, 0.1) is 12.3 Å². The van der Waals surface area contributed by atoms with Gasteiger partial charge in [-0.05, 0) is 44.5 Å². The molecule has 0 saturated carbocycles. The largest absolute Gasteiger partial charge is 0.492 e. The minimum atomic E-state index is -0.437. The number of amides is 1. The molecule has 5 nitrogen and oxygen atoms in total. The van der Waals surface area contributed by atoms with Crippen molar-refractivity contribution in [2.45, 2.75) is 26.3 Å². The van der Waals surface area contributed by atoms with Crippen LogP contribution >= 0.6 is 0 Å². The van der Waals surface area contributed by atoms with E-state index in [-0.39, 0.29) is 5.91 Å². The number of carbonyl (C=O) groups is 1. The van der Waals surface area contributed by atoms with Gasteiger partial charge < -0.3 is 20.1 Å². The maximum Gasteiger partial charge on any atom is 0.246 e. The Morgan fingerprint density at radius 2 is 1.73 bits per heavy atom. The van der Waals surface area contributed by atoms with Crippen LogP contribution in [0.2, 0.25) is 0 Å². The Morgan fingerprint density at radius 1 is 1.00 bits per heavy atom. The minimum absolute atomic E-state index is 0.111. The Kier molecular flexibility index (Phi) is 8.66. The number of hydrogen-bond acceptors (Lipinski definition) is 4. The fraction of sp³-hybridized carbons (Fsp3) is 0.381. The van der Waals surface area contributed by atoms with E-state index in [1.807, 2.05) is 68.4 Å². The van der Waals surface area contributed by atoms with Gasteiger partial charge in [0, 0.05) is 13.2 Å². The fourth-order valence-corrected chi connectivity index (χ4v) is 2.63. The number of benzene rings is 2. The van der Waals surface area contributed by atoms with Crippen LogP contribution in [0.4, 0.5) is 5.69 Å². The standard InChI is InChI=1S/C21H28N2O3/c1-3-25-16-10-15-22-20(17-11-6-5-7-12-17)21(24)23-18-13-8-9-14-19(18)26-4-2/h5-9,11-14,20,22H,3-4,10,15-16H2,1-2H3,(H,23,24)/t20-/m0/s1. The smallest absolute Gasteiger partial charge is 0.246 e. The molecule has 2 N–H and O–H groups in total. The van der Waals surface area contributed by atoms with Crippen LogP contribution in [-0.4, -0.2) is 32.3 Å². The highest BCUT2D eigenvalue weighted by molar-refractivity contribution is 5.96. The normalized spacial score (nSPS) is 11.8. The van der Waals surface area contributed by atoms with E-state index in [2.05, 4.69) is 10.6 Å². The lowest BCUT2D eigenvalue weighted by atomic mass is 10.1. The molecule has 1 atom stereocenters. The summed E-state index contributed by atoms with van der Waals surface area (Å²) in [4.78, 5) is 12.9. The van der Waals surface area contributed by atoms with Crippen molar-refractivity contribution < 1.29 is 14.3 Å². The van der Waals surface area contributed by atoms with Gasteiger partial charge in [0.25, 0.3) is 0 Å². The van der Waals surface area contributed by atoms with Gasteiger partial charge in [-0.25, -0.2) is 0 Å². The van der Waals surface area contributed by atoms with E-state index in [1.165, 1.54) is 0 Å². The van der Waals surface area contributed by atoms with Crippen LogP contribution in [0, 0.1) is 0 Å². The molecule has 1 amide bonds. The van der Waals surface area contributed by atoms with Gasteiger partial charge in [-0.1, -0.05) is 42.5 Å². The second kappa shape index (κ2) is 11.3. The molecule has 140 valence electrons. The first-order valence-corrected chi connectivity index (χ1v) is 9.15. The second-order valence-electron chi connectivity index (χ2n) is 5.77. The van der Waals surface area contributed by atoms with Gasteiger partial charge in [0.15, 0.2) is 0 Å². The number of rotatable bonds is 11. The maximum atomic E-state index is 12.9. The third kappa shape index (κ3) is 6.17. The quantitative estimate of drug-likeness (QED) is 0.602. The van der Waals surface area contributed by atoms with Crippen LogP contribution in [0.15, 0.2) is 54.6 Å². The van der Waals surface area contributed by atoms with E-state index >= 15 is 0 Å². The van der Waals surface area contributed by atoms with E-state index in [0.29, 0.717) is 37.8 Å². The third-order valence-electron chi connectivity index (χ3n) is 3.86. The average molecular weight is 356 g/mol. The second-order valence-corrected chi connectivity index (χ2v) is 5.77. The minimum Gasteiger partial charge on any atom is -0.492 e. The van der Waals surface area contributed by atoms with Gasteiger partial charge >= 0.3 is 0 Å². The average Bonchev–Trinajstić information content (AvgIpc) is 2.67. The lowest BCUT2D eigenvalue weighted by Crippen LogP contribution is -2.34. The van der Waals surface area contributed by atoms with E-state index < -0.39 is 6.04 Å². The third-order valence-corrected chi connectivity index (χ3v) is 3.86. The van der Waals surface area contributed by atoms with E-state index in [9.17, 15) is 4.79 Å². The molecule has 5 heteroatoms. The summed E-state index contributed by atoms with van der Waals surface area (Å²) in [6, 6.07) is 16.8. The van der Waals surface area contributed by atoms with Gasteiger partial charge in [-0.3, -0.25) is 4.79 Å². The molecule has 0 aromatic heterocycles. The Morgan fingerprint density at radius 3 is 2.46 bits per heavy atom. The first-order chi connectivity index (χ1) is 12.8. The first kappa shape index (κ1) is 19.9. The predicted octanol–water partition coefficient (Wildman–Crippen LogP) is 3.78. The number of nitrogens with one attached hydrogen (secondary N) is 2. The number of carbonyl (C=O) groups excluding carboxylic acids is 1. The highest BCUT2D eigenvalue weighted by atomic mass is 16.5. The van der Waals surface area contributed by atoms with Crippen LogP contribution in [0.25, 0.3) is 0 Å². The van der Waals surface area contributed by atoms with Crippen molar-refractivity contribution in [1.29, 1.82) is 0 Å². The number of anilines is 1. The van der Waals surface area contributed by atoms with Crippen molar-refractivity contribution in [2.75, 3.05) is 31.7 Å². The molecule has 0 unspecified atom stereocenters. The van der Waals surface area contributed by atoms with Crippen LogP contribution in [-0.2, 0) is 9.53 Å². The molecule has 2 rings (SSSR count). The van der Waals surface area contributed by atoms with Crippen molar-refractivity contribution in [3.05, 3.63) is 60.2 Å². The molecule has 0 fully saturated rings. The van der Waals surface area contributed by atoms with Crippen molar-refractivity contribution in [3.63, 3.8) is 0 Å². The highest BCUT2D eigenvalue weighted by Gasteiger charge is 2.20. The fourth-order valence-electron chi connectivity index (χ4n) is 2.63. The molecule has 0 radical (unpaired) electrons. The Balaban J connectivity index is 2.08. The molecule has 0 aliphatic heterocycles. The molecule has 0 heterocycles. The zero-order valence-electron chi connectivity index (χ0n) is 15.5. The SMILES string of the molecule is CCOCCCN[C@H](C(=O)Nc1ccccc1OCC)c1ccccc1. The number of ether oxygens (including phenoxy) is 2. The lowest BCUT2D eigenvalue weighted by Gasteiger charge is -2.20. The number of hydrogen-bond donors (Lipinski definition) is 2. The monoisotopic (exact) mass is 356 g/mol. The molecule has 0 aliphatic rings. The Labute approximate surface area is 155 Å². The van der Waals surface area contributed by atoms with E-state index in [0.717, 1.165) is 12.0 Å². The van der Waals surface area contributed by atoms with Crippen molar-refractivity contribution in [3.8, 4) is 5.75 Å². The molecule has 0 aliphatic carbocycles. The predicted molar refractivity (Wildman–Crippen MR) is 105 cm³/mol. The summed E-state index contributed by atoms with van der Waals surface area (Å²) in [5, 5.41) is 6.32. The summed E-state index contributed by atoms with van der Waals surface area (Å²) < 4.78 is 11.0. The van der Waals surface area contributed by atoms with E-state index in [1.54, 1.807) is 0 Å². The van der Waals surface area contributed by atoms with Crippen LogP contribution in [0.1, 0.15) is 31.9 Å². The van der Waals surface area contributed by atoms with E-state index in [4.69, 9.17) is 9.47 Å². The van der Waals surface area contributed by atoms with Crippen LogP contribution < -0.4 is 15.4 Å². The summed E-state index contributed by atoms with van der Waals surface area (Å²) >= 11 is 0. The Bertz CT molecular complexity index is 661. The van der Waals surface area contributed by atoms with Gasteiger partial charge in [0.2, 0.25) is 5.91 Å². The zero-order chi connectivity index (χ0) is 18.6. The molecule has 26 heavy (non-hydrogen) atoms. The molecule has 0 saturated heterocycles. The van der Waals surface area contributed by atoms with Crippen LogP contribution in [0.5, 0.6) is 5.75 Å². The molecular weight excluding hydrogens is 328 g/mol. The summed E-state index contributed by atoms with van der Waals surface area (Å²) in [5.41, 5.74) is 1.60. The van der Waals surface area contributed by atoms with Crippen molar-refractivity contribution in [1.82, 2.24) is 5.32 Å². The first-order valence-electron chi connectivity index (χ1n) is 9.15. The van der Waals surface area contributed by atoms with Gasteiger partial charge in [0.1, 0.15) is 11.8 Å². The molecule has 0 spiro atoms. The Hall–Kier alpha value is -2.37. The van der Waals surface area contributed by atoms with Crippen molar-refractivity contribution in [2.24, 2.45) is 0 Å². The summed E-state index contributed by atoms with van der Waals surface area (Å²) in [6.45, 7) is 6.52. The topological polar surface area (TPSA) is 59.6 Å². The summed E-state index contributed by atoms with van der Waals surface area (Å²) in [5.74, 6) is 0.561. The highest BCUT2D eigenvalue weighted by Crippen LogP contribution is 2.25. The maximum absolute atomic E-state index is 12.9. The van der Waals surface area contributed by atoms with Crippen LogP contribution in [0.3, 0.4) is 0 Å². The molecular formula is C21H28N2O3.